The third-order valence-electron chi connectivity index (χ3n) is 2.05. The number of ether oxygens (including phenoxy) is 2. The maximum Gasteiger partial charge on any atom is 0.344 e. The van der Waals surface area contributed by atoms with Crippen LogP contribution in [0.15, 0.2) is 5.16 Å². The number of rotatable bonds is 7. The van der Waals surface area contributed by atoms with E-state index < -0.39 is 23.5 Å². The van der Waals surface area contributed by atoms with Crippen molar-refractivity contribution in [3.8, 4) is 5.88 Å². The van der Waals surface area contributed by atoms with Gasteiger partial charge in [0.05, 0.1) is 11.4 Å². The van der Waals surface area contributed by atoms with Crippen LogP contribution in [-0.4, -0.2) is 36.5 Å². The Hall–Kier alpha value is -1.80. The largest absolute Gasteiger partial charge is 0.464 e. The number of pyridine rings is 1. The first-order valence-corrected chi connectivity index (χ1v) is 6.80. The maximum absolute atomic E-state index is 13.3. The number of nitrogens with zero attached hydrogens (tertiary/aromatic N) is 2. The predicted octanol–water partition coefficient (Wildman–Crippen LogP) is 2.44. The zero-order valence-corrected chi connectivity index (χ0v) is 13.4. The minimum absolute atomic E-state index is 0.0166. The van der Waals surface area contributed by atoms with Crippen molar-refractivity contribution in [1.29, 1.82) is 0 Å². The standard InChI is InChI=1S/C12H14Cl2FN3O4/c1-6(2)18-22-4-3-20-7(19)5-21-12-9(14)10(16)8(13)11(15)17-12/h3-5H2,1-2H3,(H2,16,17). The van der Waals surface area contributed by atoms with E-state index in [0.717, 1.165) is 5.71 Å². The summed E-state index contributed by atoms with van der Waals surface area (Å²) in [5.41, 5.74) is 5.97. The fourth-order valence-electron chi connectivity index (χ4n) is 1.14. The van der Waals surface area contributed by atoms with Gasteiger partial charge in [-0.2, -0.15) is 9.37 Å². The number of aromatic nitrogens is 1. The lowest BCUT2D eigenvalue weighted by Crippen LogP contribution is -2.18. The van der Waals surface area contributed by atoms with Gasteiger partial charge in [0.1, 0.15) is 16.7 Å². The zero-order chi connectivity index (χ0) is 16.7. The molecule has 0 fully saturated rings. The van der Waals surface area contributed by atoms with Gasteiger partial charge in [0.25, 0.3) is 0 Å². The van der Waals surface area contributed by atoms with Crippen LogP contribution >= 0.6 is 23.2 Å². The summed E-state index contributed by atoms with van der Waals surface area (Å²) in [7, 11) is 0. The molecule has 0 spiro atoms. The van der Waals surface area contributed by atoms with Gasteiger partial charge >= 0.3 is 5.97 Å². The lowest BCUT2D eigenvalue weighted by atomic mass is 10.4. The van der Waals surface area contributed by atoms with E-state index in [2.05, 4.69) is 10.1 Å². The average molecular weight is 354 g/mol. The summed E-state index contributed by atoms with van der Waals surface area (Å²) >= 11 is 11.3. The average Bonchev–Trinajstić information content (AvgIpc) is 2.46. The molecular weight excluding hydrogens is 340 g/mol. The normalized spacial score (nSPS) is 10.0. The first-order chi connectivity index (χ1) is 10.3. The highest BCUT2D eigenvalue weighted by Crippen LogP contribution is 2.35. The van der Waals surface area contributed by atoms with Crippen LogP contribution in [0.3, 0.4) is 0 Å². The van der Waals surface area contributed by atoms with Crippen LogP contribution in [0.4, 0.5) is 10.1 Å². The quantitative estimate of drug-likeness (QED) is 0.266. The van der Waals surface area contributed by atoms with Gasteiger partial charge in [-0.15, -0.1) is 0 Å². The molecule has 1 aromatic rings. The summed E-state index contributed by atoms with van der Waals surface area (Å²) in [4.78, 5) is 19.6. The summed E-state index contributed by atoms with van der Waals surface area (Å²) in [5.74, 6) is -2.11. The molecule has 0 bridgehead atoms. The number of esters is 1. The van der Waals surface area contributed by atoms with Crippen molar-refractivity contribution in [1.82, 2.24) is 4.98 Å². The highest BCUT2D eigenvalue weighted by atomic mass is 35.5. The molecule has 22 heavy (non-hydrogen) atoms. The molecule has 122 valence electrons. The highest BCUT2D eigenvalue weighted by molar-refractivity contribution is 6.39. The van der Waals surface area contributed by atoms with Crippen LogP contribution in [-0.2, 0) is 14.4 Å². The SMILES string of the molecule is CC(C)=NOCCOC(=O)COc1nc(F)c(Cl)c(N)c1Cl. The maximum atomic E-state index is 13.3. The van der Waals surface area contributed by atoms with Crippen molar-refractivity contribution in [2.75, 3.05) is 25.6 Å². The van der Waals surface area contributed by atoms with Crippen molar-refractivity contribution in [2.45, 2.75) is 13.8 Å². The van der Waals surface area contributed by atoms with Crippen LogP contribution in [0.2, 0.25) is 10.0 Å². The summed E-state index contributed by atoms with van der Waals surface area (Å²) in [6.45, 7) is 3.07. The molecule has 0 saturated carbocycles. The summed E-state index contributed by atoms with van der Waals surface area (Å²) in [5, 5.41) is 3.05. The number of halogens is 3. The van der Waals surface area contributed by atoms with E-state index in [1.54, 1.807) is 13.8 Å². The lowest BCUT2D eigenvalue weighted by Gasteiger charge is -2.09. The Morgan fingerprint density at radius 1 is 1.32 bits per heavy atom. The monoisotopic (exact) mass is 353 g/mol. The van der Waals surface area contributed by atoms with Crippen LogP contribution in [0, 0.1) is 5.95 Å². The number of carbonyl (C=O) groups is 1. The van der Waals surface area contributed by atoms with Crippen molar-refractivity contribution < 1.29 is 23.5 Å². The lowest BCUT2D eigenvalue weighted by molar-refractivity contribution is -0.147. The van der Waals surface area contributed by atoms with E-state index in [-0.39, 0.29) is 29.8 Å². The molecule has 0 saturated heterocycles. The van der Waals surface area contributed by atoms with Crippen LogP contribution < -0.4 is 10.5 Å². The molecule has 1 aromatic heterocycles. The van der Waals surface area contributed by atoms with E-state index in [1.165, 1.54) is 0 Å². The Labute approximate surface area is 136 Å². The van der Waals surface area contributed by atoms with Gasteiger partial charge in [-0.3, -0.25) is 0 Å². The second-order valence-corrected chi connectivity index (χ2v) is 4.89. The third kappa shape index (κ3) is 5.53. The van der Waals surface area contributed by atoms with E-state index in [1.807, 2.05) is 0 Å². The molecule has 10 heteroatoms. The highest BCUT2D eigenvalue weighted by Gasteiger charge is 2.17. The Kier molecular flexibility index (Phi) is 7.13. The number of nitrogen functional groups attached to an aromatic ring is 1. The van der Waals surface area contributed by atoms with Gasteiger partial charge < -0.3 is 20.0 Å². The molecule has 2 N–H and O–H groups in total. The predicted molar refractivity (Wildman–Crippen MR) is 79.8 cm³/mol. The molecular formula is C12H14Cl2FN3O4. The molecule has 0 radical (unpaired) electrons. The van der Waals surface area contributed by atoms with Crippen molar-refractivity contribution in [2.24, 2.45) is 5.16 Å². The number of hydrogen-bond acceptors (Lipinski definition) is 7. The molecule has 0 unspecified atom stereocenters. The van der Waals surface area contributed by atoms with Crippen LogP contribution in [0.25, 0.3) is 0 Å². The Morgan fingerprint density at radius 2 is 2.00 bits per heavy atom. The van der Waals surface area contributed by atoms with Crippen LogP contribution in [0.1, 0.15) is 13.8 Å². The zero-order valence-electron chi connectivity index (χ0n) is 11.9. The van der Waals surface area contributed by atoms with Gasteiger partial charge in [-0.25, -0.2) is 4.79 Å². The Balaban J connectivity index is 2.43. The third-order valence-corrected chi connectivity index (χ3v) is 2.78. The minimum Gasteiger partial charge on any atom is -0.464 e. The van der Waals surface area contributed by atoms with Crippen molar-refractivity contribution in [3.63, 3.8) is 0 Å². The molecule has 1 heterocycles. The number of nitrogens with two attached hydrogens (primary N) is 1. The summed E-state index contributed by atoms with van der Waals surface area (Å²) in [6.07, 6.45) is 0. The van der Waals surface area contributed by atoms with Gasteiger partial charge in [0, 0.05) is 0 Å². The summed E-state index contributed by atoms with van der Waals surface area (Å²) < 4.78 is 23.0. The Morgan fingerprint density at radius 3 is 2.64 bits per heavy atom. The van der Waals surface area contributed by atoms with Crippen molar-refractivity contribution in [3.05, 3.63) is 16.0 Å². The second-order valence-electron chi connectivity index (χ2n) is 4.13. The smallest absolute Gasteiger partial charge is 0.344 e. The van der Waals surface area contributed by atoms with E-state index in [9.17, 15) is 9.18 Å². The first kappa shape index (κ1) is 18.2. The number of carbonyl (C=O) groups excluding carboxylic acids is 1. The number of anilines is 1. The van der Waals surface area contributed by atoms with Gasteiger partial charge in [0.15, 0.2) is 13.2 Å². The molecule has 1 rings (SSSR count). The first-order valence-electron chi connectivity index (χ1n) is 6.04. The number of hydrogen-bond donors (Lipinski definition) is 1. The fraction of sp³-hybridized carbons (Fsp3) is 0.417. The van der Waals surface area contributed by atoms with E-state index >= 15 is 0 Å². The molecule has 0 aliphatic heterocycles. The minimum atomic E-state index is -1.05. The van der Waals surface area contributed by atoms with Crippen molar-refractivity contribution >= 4 is 40.6 Å². The molecule has 0 amide bonds. The Bertz CT molecular complexity index is 580. The topological polar surface area (TPSA) is 96.0 Å². The molecule has 0 aliphatic rings. The van der Waals surface area contributed by atoms with Crippen LogP contribution in [0.5, 0.6) is 5.88 Å². The van der Waals surface area contributed by atoms with Gasteiger partial charge in [0.2, 0.25) is 11.8 Å². The molecule has 0 aromatic carbocycles. The van der Waals surface area contributed by atoms with Gasteiger partial charge in [-0.05, 0) is 13.8 Å². The van der Waals surface area contributed by atoms with E-state index in [0.29, 0.717) is 0 Å². The molecule has 0 aliphatic carbocycles. The fourth-order valence-corrected chi connectivity index (χ4v) is 1.52. The second kappa shape index (κ2) is 8.60. The van der Waals surface area contributed by atoms with Gasteiger partial charge in [-0.1, -0.05) is 28.4 Å². The number of oxime groups is 1. The molecule has 0 atom stereocenters. The molecule has 7 nitrogen and oxygen atoms in total. The van der Waals surface area contributed by atoms with E-state index in [4.69, 9.17) is 43.2 Å². The summed E-state index contributed by atoms with van der Waals surface area (Å²) in [6, 6.07) is 0.